The van der Waals surface area contributed by atoms with E-state index in [9.17, 15) is 4.39 Å². The van der Waals surface area contributed by atoms with Gasteiger partial charge in [-0.1, -0.05) is 55.8 Å². The minimum Gasteiger partial charge on any atom is -0.310 e. The van der Waals surface area contributed by atoms with Gasteiger partial charge in [-0.2, -0.15) is 0 Å². The van der Waals surface area contributed by atoms with Gasteiger partial charge in [0.15, 0.2) is 0 Å². The highest BCUT2D eigenvalue weighted by atomic mass is 19.1. The zero-order chi connectivity index (χ0) is 13.8. The zero-order valence-corrected chi connectivity index (χ0v) is 11.7. The van der Waals surface area contributed by atoms with Crippen molar-refractivity contribution in [3.05, 3.63) is 59.4 Å². The monoisotopic (exact) mass is 257 g/mol. The van der Waals surface area contributed by atoms with Gasteiger partial charge in [-0.3, -0.25) is 0 Å². The summed E-state index contributed by atoms with van der Waals surface area (Å²) < 4.78 is 14.1. The van der Waals surface area contributed by atoms with Crippen LogP contribution in [0.3, 0.4) is 0 Å². The maximum absolute atomic E-state index is 14.1. The molecule has 2 rings (SSSR count). The van der Waals surface area contributed by atoms with E-state index >= 15 is 0 Å². The highest BCUT2D eigenvalue weighted by Gasteiger charge is 2.06. The average Bonchev–Trinajstić information content (AvgIpc) is 2.38. The van der Waals surface area contributed by atoms with E-state index in [1.807, 2.05) is 43.3 Å². The van der Waals surface area contributed by atoms with Crippen LogP contribution in [-0.4, -0.2) is 6.04 Å². The van der Waals surface area contributed by atoms with Gasteiger partial charge in [-0.25, -0.2) is 4.39 Å². The lowest BCUT2D eigenvalue weighted by Crippen LogP contribution is -2.21. The Labute approximate surface area is 114 Å². The zero-order valence-electron chi connectivity index (χ0n) is 11.7. The fourth-order valence-corrected chi connectivity index (χ4v) is 1.96. The normalized spacial score (nSPS) is 11.0. The smallest absolute Gasteiger partial charge is 0.131 e. The van der Waals surface area contributed by atoms with Crippen molar-refractivity contribution in [3.63, 3.8) is 0 Å². The summed E-state index contributed by atoms with van der Waals surface area (Å²) in [5.74, 6) is -0.160. The van der Waals surface area contributed by atoms with Gasteiger partial charge in [-0.15, -0.1) is 0 Å². The Morgan fingerprint density at radius 2 is 1.74 bits per heavy atom. The summed E-state index contributed by atoms with van der Waals surface area (Å²) in [6.07, 6.45) is 0. The lowest BCUT2D eigenvalue weighted by molar-refractivity contribution is 0.582. The minimum atomic E-state index is -0.160. The Balaban J connectivity index is 2.21. The molecule has 1 N–H and O–H groups in total. The first kappa shape index (κ1) is 13.8. The highest BCUT2D eigenvalue weighted by Crippen LogP contribution is 2.24. The molecule has 0 saturated carbocycles. The first-order valence-electron chi connectivity index (χ1n) is 6.65. The molecule has 0 atom stereocenters. The van der Waals surface area contributed by atoms with Gasteiger partial charge < -0.3 is 5.32 Å². The van der Waals surface area contributed by atoms with Crippen molar-refractivity contribution in [2.45, 2.75) is 33.4 Å². The maximum Gasteiger partial charge on any atom is 0.131 e. The van der Waals surface area contributed by atoms with Gasteiger partial charge in [0.05, 0.1) is 0 Å². The second kappa shape index (κ2) is 5.98. The van der Waals surface area contributed by atoms with Crippen molar-refractivity contribution in [2.75, 3.05) is 0 Å². The van der Waals surface area contributed by atoms with Gasteiger partial charge in [-0.05, 0) is 24.1 Å². The van der Waals surface area contributed by atoms with E-state index in [-0.39, 0.29) is 5.82 Å². The summed E-state index contributed by atoms with van der Waals surface area (Å²) in [6.45, 7) is 6.89. The molecular formula is C17H20FN. The Morgan fingerprint density at radius 1 is 1.05 bits per heavy atom. The van der Waals surface area contributed by atoms with Gasteiger partial charge in [0.1, 0.15) is 5.82 Å². The molecule has 2 aromatic carbocycles. The highest BCUT2D eigenvalue weighted by molar-refractivity contribution is 5.64. The summed E-state index contributed by atoms with van der Waals surface area (Å²) in [5, 5.41) is 3.29. The molecule has 0 saturated heterocycles. The van der Waals surface area contributed by atoms with Gasteiger partial charge in [0.25, 0.3) is 0 Å². The third-order valence-corrected chi connectivity index (χ3v) is 3.11. The number of rotatable bonds is 4. The van der Waals surface area contributed by atoms with E-state index in [0.29, 0.717) is 18.2 Å². The lowest BCUT2D eigenvalue weighted by atomic mass is 10.0. The van der Waals surface area contributed by atoms with Crippen LogP contribution in [0.2, 0.25) is 0 Å². The van der Waals surface area contributed by atoms with Crippen LogP contribution in [-0.2, 0) is 6.54 Å². The molecule has 2 heteroatoms. The Morgan fingerprint density at radius 3 is 2.32 bits per heavy atom. The quantitative estimate of drug-likeness (QED) is 0.861. The standard InChI is InChI=1S/C17H20FN/c1-12(2)19-11-14-6-9-16(17(18)10-14)15-7-4-13(3)5-8-15/h4-10,12,19H,11H2,1-3H3. The number of hydrogen-bond donors (Lipinski definition) is 1. The van der Waals surface area contributed by atoms with E-state index in [1.54, 1.807) is 6.07 Å². The van der Waals surface area contributed by atoms with Crippen molar-refractivity contribution in [1.82, 2.24) is 5.32 Å². The third-order valence-electron chi connectivity index (χ3n) is 3.11. The molecule has 0 aliphatic carbocycles. The minimum absolute atomic E-state index is 0.160. The van der Waals surface area contributed by atoms with Gasteiger partial charge in [0.2, 0.25) is 0 Å². The third kappa shape index (κ3) is 3.65. The molecule has 0 fully saturated rings. The topological polar surface area (TPSA) is 12.0 Å². The van der Waals surface area contributed by atoms with Crippen molar-refractivity contribution >= 4 is 0 Å². The Bertz CT molecular complexity index is 544. The first-order chi connectivity index (χ1) is 9.06. The molecule has 0 heterocycles. The lowest BCUT2D eigenvalue weighted by Gasteiger charge is -2.10. The predicted molar refractivity (Wildman–Crippen MR) is 78.5 cm³/mol. The van der Waals surface area contributed by atoms with Crippen molar-refractivity contribution in [2.24, 2.45) is 0 Å². The van der Waals surface area contributed by atoms with E-state index in [1.165, 1.54) is 5.56 Å². The summed E-state index contributed by atoms with van der Waals surface area (Å²) in [6, 6.07) is 13.8. The average molecular weight is 257 g/mol. The van der Waals surface area contributed by atoms with Crippen LogP contribution < -0.4 is 5.32 Å². The fourth-order valence-electron chi connectivity index (χ4n) is 1.96. The molecule has 0 aliphatic rings. The van der Waals surface area contributed by atoms with Crippen LogP contribution in [0, 0.1) is 12.7 Å². The number of aryl methyl sites for hydroxylation is 1. The molecule has 100 valence electrons. The van der Waals surface area contributed by atoms with Gasteiger partial charge in [0, 0.05) is 18.2 Å². The summed E-state index contributed by atoms with van der Waals surface area (Å²) >= 11 is 0. The van der Waals surface area contributed by atoms with Crippen molar-refractivity contribution in [1.29, 1.82) is 0 Å². The number of halogens is 1. The van der Waals surface area contributed by atoms with E-state index in [0.717, 1.165) is 11.1 Å². The maximum atomic E-state index is 14.1. The van der Waals surface area contributed by atoms with Crippen molar-refractivity contribution < 1.29 is 4.39 Å². The van der Waals surface area contributed by atoms with Crippen LogP contribution in [0.25, 0.3) is 11.1 Å². The number of hydrogen-bond acceptors (Lipinski definition) is 1. The molecule has 1 nitrogen and oxygen atoms in total. The van der Waals surface area contributed by atoms with Crippen molar-refractivity contribution in [3.8, 4) is 11.1 Å². The van der Waals surface area contributed by atoms with Crippen LogP contribution in [0.5, 0.6) is 0 Å². The molecular weight excluding hydrogens is 237 g/mol. The van der Waals surface area contributed by atoms with Crippen LogP contribution in [0.1, 0.15) is 25.0 Å². The van der Waals surface area contributed by atoms with E-state index in [4.69, 9.17) is 0 Å². The largest absolute Gasteiger partial charge is 0.310 e. The molecule has 0 aliphatic heterocycles. The summed E-state index contributed by atoms with van der Waals surface area (Å²) in [5.41, 5.74) is 3.74. The molecule has 19 heavy (non-hydrogen) atoms. The number of nitrogens with one attached hydrogen (secondary N) is 1. The second-order valence-electron chi connectivity index (χ2n) is 5.22. The second-order valence-corrected chi connectivity index (χ2v) is 5.22. The van der Waals surface area contributed by atoms with E-state index in [2.05, 4.69) is 19.2 Å². The number of benzene rings is 2. The van der Waals surface area contributed by atoms with Crippen LogP contribution >= 0.6 is 0 Å². The van der Waals surface area contributed by atoms with Crippen LogP contribution in [0.15, 0.2) is 42.5 Å². The predicted octanol–water partition coefficient (Wildman–Crippen LogP) is 4.30. The fraction of sp³-hybridized carbons (Fsp3) is 0.294. The molecule has 0 bridgehead atoms. The van der Waals surface area contributed by atoms with E-state index < -0.39 is 0 Å². The Hall–Kier alpha value is -1.67. The molecule has 2 aromatic rings. The summed E-state index contributed by atoms with van der Waals surface area (Å²) in [4.78, 5) is 0. The first-order valence-corrected chi connectivity index (χ1v) is 6.65. The molecule has 0 aromatic heterocycles. The Kier molecular flexibility index (Phi) is 4.33. The van der Waals surface area contributed by atoms with Gasteiger partial charge >= 0.3 is 0 Å². The molecule has 0 spiro atoms. The summed E-state index contributed by atoms with van der Waals surface area (Å²) in [7, 11) is 0. The molecule has 0 radical (unpaired) electrons. The SMILES string of the molecule is Cc1ccc(-c2ccc(CNC(C)C)cc2F)cc1. The molecule has 0 unspecified atom stereocenters. The molecule has 0 amide bonds. The van der Waals surface area contributed by atoms with Crippen LogP contribution in [0.4, 0.5) is 4.39 Å².